The van der Waals surface area contributed by atoms with Gasteiger partial charge in [-0.2, -0.15) is 0 Å². The molecule has 2 rings (SSSR count). The van der Waals surface area contributed by atoms with Crippen LogP contribution in [0.3, 0.4) is 0 Å². The zero-order chi connectivity index (χ0) is 13.8. The Labute approximate surface area is 111 Å². The van der Waals surface area contributed by atoms with Gasteiger partial charge < -0.3 is 15.2 Å². The molecule has 0 atom stereocenters. The topological polar surface area (TPSA) is 58.6 Å². The van der Waals surface area contributed by atoms with Crippen molar-refractivity contribution in [1.82, 2.24) is 0 Å². The second-order valence-corrected chi connectivity index (χ2v) is 4.21. The zero-order valence-corrected chi connectivity index (χ0v) is 10.8. The molecule has 0 radical (unpaired) electrons. The number of aryl methyl sites for hydroxylation is 1. The normalized spacial score (nSPS) is 10.0. The number of hydrogen-bond donors (Lipinski definition) is 2. The van der Waals surface area contributed by atoms with Gasteiger partial charge in [0.2, 0.25) is 0 Å². The van der Waals surface area contributed by atoms with E-state index in [9.17, 15) is 4.79 Å². The minimum absolute atomic E-state index is 0.247. The van der Waals surface area contributed by atoms with Gasteiger partial charge in [0.15, 0.2) is 0 Å². The van der Waals surface area contributed by atoms with Gasteiger partial charge in [0.1, 0.15) is 5.75 Å². The van der Waals surface area contributed by atoms with Gasteiger partial charge >= 0.3 is 5.97 Å². The number of carbonyl (C=O) groups is 1. The summed E-state index contributed by atoms with van der Waals surface area (Å²) >= 11 is 0. The number of ether oxygens (including phenoxy) is 1. The molecular formula is C15H15NO3. The Bertz CT molecular complexity index is 608. The third kappa shape index (κ3) is 3.04. The first-order valence-electron chi connectivity index (χ1n) is 5.85. The molecule has 0 saturated carbocycles. The van der Waals surface area contributed by atoms with Crippen LogP contribution in [0, 0.1) is 6.92 Å². The van der Waals surface area contributed by atoms with Crippen LogP contribution in [0.15, 0.2) is 42.5 Å². The highest BCUT2D eigenvalue weighted by Crippen LogP contribution is 2.28. The average Bonchev–Trinajstić information content (AvgIpc) is 2.39. The largest absolute Gasteiger partial charge is 0.495 e. The Morgan fingerprint density at radius 2 is 2.00 bits per heavy atom. The summed E-state index contributed by atoms with van der Waals surface area (Å²) in [4.78, 5) is 10.9. The Hall–Kier alpha value is -2.49. The van der Waals surface area contributed by atoms with Gasteiger partial charge in [0.25, 0.3) is 0 Å². The van der Waals surface area contributed by atoms with Crippen molar-refractivity contribution in [2.75, 3.05) is 12.4 Å². The predicted molar refractivity (Wildman–Crippen MR) is 74.4 cm³/mol. The maximum atomic E-state index is 10.9. The summed E-state index contributed by atoms with van der Waals surface area (Å²) in [7, 11) is 1.60. The quantitative estimate of drug-likeness (QED) is 0.880. The van der Waals surface area contributed by atoms with Crippen LogP contribution in [0.2, 0.25) is 0 Å². The number of methoxy groups -OCH3 is 1. The van der Waals surface area contributed by atoms with Crippen LogP contribution in [0.4, 0.5) is 11.4 Å². The fraction of sp³-hybridized carbons (Fsp3) is 0.133. The van der Waals surface area contributed by atoms with Crippen molar-refractivity contribution >= 4 is 17.3 Å². The molecule has 2 N–H and O–H groups in total. The summed E-state index contributed by atoms with van der Waals surface area (Å²) in [6, 6.07) is 12.4. The van der Waals surface area contributed by atoms with Crippen molar-refractivity contribution in [2.24, 2.45) is 0 Å². The molecule has 19 heavy (non-hydrogen) atoms. The number of benzene rings is 2. The molecule has 98 valence electrons. The van der Waals surface area contributed by atoms with Gasteiger partial charge in [0, 0.05) is 5.69 Å². The van der Waals surface area contributed by atoms with Crippen LogP contribution in [0.5, 0.6) is 5.75 Å². The SMILES string of the molecule is COc1ccc(C)cc1Nc1cccc(C(=O)O)c1. The molecule has 2 aromatic rings. The molecule has 4 nitrogen and oxygen atoms in total. The first kappa shape index (κ1) is 13.0. The van der Waals surface area contributed by atoms with E-state index in [1.807, 2.05) is 31.2 Å². The van der Waals surface area contributed by atoms with Crippen molar-refractivity contribution in [3.63, 3.8) is 0 Å². The lowest BCUT2D eigenvalue weighted by atomic mass is 10.1. The minimum atomic E-state index is -0.945. The lowest BCUT2D eigenvalue weighted by Gasteiger charge is -2.12. The zero-order valence-electron chi connectivity index (χ0n) is 10.8. The van der Waals surface area contributed by atoms with Crippen LogP contribution in [0.1, 0.15) is 15.9 Å². The first-order valence-corrected chi connectivity index (χ1v) is 5.85. The van der Waals surface area contributed by atoms with Gasteiger partial charge in [-0.15, -0.1) is 0 Å². The molecular weight excluding hydrogens is 242 g/mol. The monoisotopic (exact) mass is 257 g/mol. The van der Waals surface area contributed by atoms with E-state index in [1.54, 1.807) is 25.3 Å². The molecule has 0 heterocycles. The summed E-state index contributed by atoms with van der Waals surface area (Å²) in [6.45, 7) is 1.98. The second-order valence-electron chi connectivity index (χ2n) is 4.21. The van der Waals surface area contributed by atoms with E-state index >= 15 is 0 Å². The predicted octanol–water partition coefficient (Wildman–Crippen LogP) is 3.45. The molecule has 4 heteroatoms. The van der Waals surface area contributed by atoms with E-state index in [2.05, 4.69) is 5.32 Å². The fourth-order valence-electron chi connectivity index (χ4n) is 1.80. The Morgan fingerprint density at radius 1 is 1.21 bits per heavy atom. The molecule has 0 aliphatic carbocycles. The van der Waals surface area contributed by atoms with Crippen molar-refractivity contribution < 1.29 is 14.6 Å². The van der Waals surface area contributed by atoms with Crippen molar-refractivity contribution in [3.05, 3.63) is 53.6 Å². The number of rotatable bonds is 4. The maximum absolute atomic E-state index is 10.9. The molecule has 0 bridgehead atoms. The van der Waals surface area contributed by atoms with Crippen molar-refractivity contribution in [2.45, 2.75) is 6.92 Å². The molecule has 0 saturated heterocycles. The lowest BCUT2D eigenvalue weighted by Crippen LogP contribution is -1.99. The van der Waals surface area contributed by atoms with Crippen LogP contribution >= 0.6 is 0 Å². The number of carboxylic acid groups (broad SMARTS) is 1. The number of aromatic carboxylic acids is 1. The molecule has 0 aliphatic heterocycles. The molecule has 0 aromatic heterocycles. The van der Waals surface area contributed by atoms with E-state index in [1.165, 1.54) is 0 Å². The van der Waals surface area contributed by atoms with E-state index in [0.29, 0.717) is 11.4 Å². The van der Waals surface area contributed by atoms with Gasteiger partial charge in [0.05, 0.1) is 18.4 Å². The van der Waals surface area contributed by atoms with E-state index in [0.717, 1.165) is 11.3 Å². The minimum Gasteiger partial charge on any atom is -0.495 e. The summed E-state index contributed by atoms with van der Waals surface area (Å²) in [5, 5.41) is 12.1. The van der Waals surface area contributed by atoms with Crippen molar-refractivity contribution in [3.8, 4) is 5.75 Å². The van der Waals surface area contributed by atoms with Crippen molar-refractivity contribution in [1.29, 1.82) is 0 Å². The van der Waals surface area contributed by atoms with Crippen LogP contribution in [-0.4, -0.2) is 18.2 Å². The van der Waals surface area contributed by atoms with Crippen LogP contribution in [-0.2, 0) is 0 Å². The summed E-state index contributed by atoms with van der Waals surface area (Å²) in [5.74, 6) is -0.230. The maximum Gasteiger partial charge on any atom is 0.335 e. The number of hydrogen-bond acceptors (Lipinski definition) is 3. The molecule has 0 amide bonds. The smallest absolute Gasteiger partial charge is 0.335 e. The lowest BCUT2D eigenvalue weighted by molar-refractivity contribution is 0.0697. The molecule has 0 spiro atoms. The molecule has 0 fully saturated rings. The number of carboxylic acids is 1. The van der Waals surface area contributed by atoms with Crippen LogP contribution < -0.4 is 10.1 Å². The highest BCUT2D eigenvalue weighted by molar-refractivity contribution is 5.89. The summed E-state index contributed by atoms with van der Waals surface area (Å²) in [6.07, 6.45) is 0. The highest BCUT2D eigenvalue weighted by Gasteiger charge is 2.06. The van der Waals surface area contributed by atoms with Gasteiger partial charge in [-0.3, -0.25) is 0 Å². The number of anilines is 2. The fourth-order valence-corrected chi connectivity index (χ4v) is 1.80. The van der Waals surface area contributed by atoms with E-state index in [4.69, 9.17) is 9.84 Å². The first-order chi connectivity index (χ1) is 9.10. The Kier molecular flexibility index (Phi) is 3.71. The van der Waals surface area contributed by atoms with E-state index in [-0.39, 0.29) is 5.56 Å². The average molecular weight is 257 g/mol. The van der Waals surface area contributed by atoms with E-state index < -0.39 is 5.97 Å². The summed E-state index contributed by atoms with van der Waals surface area (Å²) in [5.41, 5.74) is 2.86. The van der Waals surface area contributed by atoms with Gasteiger partial charge in [-0.1, -0.05) is 12.1 Å². The molecule has 0 aliphatic rings. The van der Waals surface area contributed by atoms with Gasteiger partial charge in [-0.25, -0.2) is 4.79 Å². The molecule has 0 unspecified atom stereocenters. The second kappa shape index (κ2) is 5.44. The summed E-state index contributed by atoms with van der Waals surface area (Å²) < 4.78 is 5.27. The molecule has 2 aromatic carbocycles. The third-order valence-corrected chi connectivity index (χ3v) is 2.74. The standard InChI is InChI=1S/C15H15NO3/c1-10-6-7-14(19-2)13(8-10)16-12-5-3-4-11(9-12)15(17)18/h3-9,16H,1-2H3,(H,17,18). The highest BCUT2D eigenvalue weighted by atomic mass is 16.5. The Morgan fingerprint density at radius 3 is 2.68 bits per heavy atom. The van der Waals surface area contributed by atoms with Gasteiger partial charge in [-0.05, 0) is 42.8 Å². The third-order valence-electron chi connectivity index (χ3n) is 2.74. The van der Waals surface area contributed by atoms with Crippen LogP contribution in [0.25, 0.3) is 0 Å². The Balaban J connectivity index is 2.33. The number of nitrogens with one attached hydrogen (secondary N) is 1.